The summed E-state index contributed by atoms with van der Waals surface area (Å²) in [7, 11) is 0. The number of nitrogens with zero attached hydrogens (tertiary/aromatic N) is 2. The second-order valence-electron chi connectivity index (χ2n) is 8.85. The Morgan fingerprint density at radius 2 is 1.94 bits per heavy atom. The molecule has 31 heavy (non-hydrogen) atoms. The highest BCUT2D eigenvalue weighted by molar-refractivity contribution is 7.22. The number of Topliss-reactive ketones (excluding diaryl/α,β-unsaturated/α-hetero) is 1. The van der Waals surface area contributed by atoms with Gasteiger partial charge in [-0.2, -0.15) is 0 Å². The van der Waals surface area contributed by atoms with E-state index in [0.29, 0.717) is 23.6 Å². The standard InChI is InChI=1S/C25H32N4OS/c1-17(2)27-16-22(24(30)20-8-9-21-23(15-20)31-25(26)28-21)29-12-10-19(11-13-29)14-18-6-4-3-5-7-18/h3-9,15,17,19,22,27H,10-14,16H2,1-2H3,(H2,26,28). The van der Waals surface area contributed by atoms with E-state index in [1.807, 2.05) is 18.2 Å². The highest BCUT2D eigenvalue weighted by Crippen LogP contribution is 2.27. The zero-order valence-corrected chi connectivity index (χ0v) is 19.2. The van der Waals surface area contributed by atoms with Gasteiger partial charge >= 0.3 is 0 Å². The first-order valence-corrected chi connectivity index (χ1v) is 12.0. The number of hydrogen-bond acceptors (Lipinski definition) is 6. The Morgan fingerprint density at radius 3 is 2.65 bits per heavy atom. The number of rotatable bonds is 8. The molecular formula is C25H32N4OS. The minimum atomic E-state index is -0.150. The number of carbonyl (C=O) groups excluding carboxylic acids is 1. The maximum atomic E-state index is 13.6. The van der Waals surface area contributed by atoms with Crippen molar-refractivity contribution in [3.8, 4) is 0 Å². The van der Waals surface area contributed by atoms with Crippen LogP contribution in [0.4, 0.5) is 5.13 Å². The zero-order chi connectivity index (χ0) is 21.8. The van der Waals surface area contributed by atoms with Gasteiger partial charge in [-0.1, -0.05) is 55.5 Å². The van der Waals surface area contributed by atoms with Crippen LogP contribution in [0.25, 0.3) is 10.2 Å². The monoisotopic (exact) mass is 436 g/mol. The van der Waals surface area contributed by atoms with Crippen LogP contribution < -0.4 is 11.1 Å². The second-order valence-corrected chi connectivity index (χ2v) is 9.91. The molecule has 4 rings (SSSR count). The van der Waals surface area contributed by atoms with Crippen molar-refractivity contribution in [1.82, 2.24) is 15.2 Å². The molecule has 0 aliphatic carbocycles. The summed E-state index contributed by atoms with van der Waals surface area (Å²) < 4.78 is 0.973. The summed E-state index contributed by atoms with van der Waals surface area (Å²) in [6.45, 7) is 6.84. The third kappa shape index (κ3) is 5.50. The fraction of sp³-hybridized carbons (Fsp3) is 0.440. The van der Waals surface area contributed by atoms with E-state index in [1.54, 1.807) is 0 Å². The zero-order valence-electron chi connectivity index (χ0n) is 18.4. The maximum Gasteiger partial charge on any atom is 0.181 e. The van der Waals surface area contributed by atoms with Gasteiger partial charge < -0.3 is 11.1 Å². The number of piperidine rings is 1. The minimum Gasteiger partial charge on any atom is -0.375 e. The molecule has 1 saturated heterocycles. The van der Waals surface area contributed by atoms with E-state index in [2.05, 4.69) is 59.4 Å². The fourth-order valence-corrected chi connectivity index (χ4v) is 5.21. The van der Waals surface area contributed by atoms with Gasteiger partial charge in [0.05, 0.1) is 16.3 Å². The lowest BCUT2D eigenvalue weighted by atomic mass is 9.89. The number of nitrogens with one attached hydrogen (secondary N) is 1. The summed E-state index contributed by atoms with van der Waals surface area (Å²) in [6.07, 6.45) is 3.39. The van der Waals surface area contributed by atoms with E-state index in [-0.39, 0.29) is 11.8 Å². The van der Waals surface area contributed by atoms with Crippen LogP contribution in [0.2, 0.25) is 0 Å². The third-order valence-corrected chi connectivity index (χ3v) is 7.02. The van der Waals surface area contributed by atoms with Gasteiger partial charge in [0.1, 0.15) is 0 Å². The molecule has 0 radical (unpaired) electrons. The predicted molar refractivity (Wildman–Crippen MR) is 130 cm³/mol. The van der Waals surface area contributed by atoms with Crippen LogP contribution in [0.5, 0.6) is 0 Å². The number of hydrogen-bond donors (Lipinski definition) is 2. The highest BCUT2D eigenvalue weighted by Gasteiger charge is 2.30. The van der Waals surface area contributed by atoms with Gasteiger partial charge in [-0.25, -0.2) is 4.98 Å². The average molecular weight is 437 g/mol. The molecule has 5 nitrogen and oxygen atoms in total. The number of benzene rings is 2. The molecule has 2 aromatic carbocycles. The summed E-state index contributed by atoms with van der Waals surface area (Å²) in [4.78, 5) is 20.2. The Balaban J connectivity index is 1.46. The summed E-state index contributed by atoms with van der Waals surface area (Å²) in [5.41, 5.74) is 8.86. The van der Waals surface area contributed by atoms with Crippen molar-refractivity contribution in [3.05, 3.63) is 59.7 Å². The normalized spacial score (nSPS) is 16.7. The van der Waals surface area contributed by atoms with Gasteiger partial charge in [0.25, 0.3) is 0 Å². The predicted octanol–water partition coefficient (Wildman–Crippen LogP) is 4.38. The van der Waals surface area contributed by atoms with Crippen LogP contribution in [0.3, 0.4) is 0 Å². The number of thiazole rings is 1. The highest BCUT2D eigenvalue weighted by atomic mass is 32.1. The van der Waals surface area contributed by atoms with E-state index in [0.717, 1.165) is 48.1 Å². The number of likely N-dealkylation sites (tertiary alicyclic amines) is 1. The van der Waals surface area contributed by atoms with E-state index >= 15 is 0 Å². The molecule has 1 aromatic heterocycles. The largest absolute Gasteiger partial charge is 0.375 e. The van der Waals surface area contributed by atoms with Crippen molar-refractivity contribution in [3.63, 3.8) is 0 Å². The SMILES string of the molecule is CC(C)NCC(C(=O)c1ccc2nc(N)sc2c1)N1CCC(Cc2ccccc2)CC1. The summed E-state index contributed by atoms with van der Waals surface area (Å²) >= 11 is 1.44. The van der Waals surface area contributed by atoms with Gasteiger partial charge in [0.2, 0.25) is 0 Å². The van der Waals surface area contributed by atoms with Crippen molar-refractivity contribution in [1.29, 1.82) is 0 Å². The molecular weight excluding hydrogens is 404 g/mol. The number of ketones is 1. The number of carbonyl (C=O) groups is 1. The molecule has 3 aromatic rings. The molecule has 164 valence electrons. The molecule has 1 aliphatic rings. The maximum absolute atomic E-state index is 13.6. The van der Waals surface area contributed by atoms with Crippen molar-refractivity contribution < 1.29 is 4.79 Å². The lowest BCUT2D eigenvalue weighted by Crippen LogP contribution is -2.51. The molecule has 1 unspecified atom stereocenters. The Kier molecular flexibility index (Phi) is 7.00. The van der Waals surface area contributed by atoms with Crippen LogP contribution in [0.15, 0.2) is 48.5 Å². The minimum absolute atomic E-state index is 0.150. The van der Waals surface area contributed by atoms with Gasteiger partial charge in [0.15, 0.2) is 10.9 Å². The Morgan fingerprint density at radius 1 is 1.19 bits per heavy atom. The van der Waals surface area contributed by atoms with Crippen LogP contribution in [0.1, 0.15) is 42.6 Å². The summed E-state index contributed by atoms with van der Waals surface area (Å²) in [6, 6.07) is 16.7. The Hall–Kier alpha value is -2.28. The quantitative estimate of drug-likeness (QED) is 0.513. The van der Waals surface area contributed by atoms with Gasteiger partial charge in [-0.3, -0.25) is 9.69 Å². The van der Waals surface area contributed by atoms with Crippen LogP contribution >= 0.6 is 11.3 Å². The molecule has 3 N–H and O–H groups in total. The first-order valence-electron chi connectivity index (χ1n) is 11.2. The molecule has 6 heteroatoms. The lowest BCUT2D eigenvalue weighted by Gasteiger charge is -2.37. The average Bonchev–Trinajstić information content (AvgIpc) is 3.14. The molecule has 0 saturated carbocycles. The number of nitrogens with two attached hydrogens (primary N) is 1. The van der Waals surface area contributed by atoms with E-state index in [9.17, 15) is 4.79 Å². The number of aromatic nitrogens is 1. The number of fused-ring (bicyclic) bond motifs is 1. The molecule has 2 heterocycles. The van der Waals surface area contributed by atoms with Crippen molar-refractivity contribution in [2.45, 2.75) is 45.2 Å². The Bertz CT molecular complexity index is 1010. The molecule has 1 aliphatic heterocycles. The van der Waals surface area contributed by atoms with Crippen LogP contribution in [0, 0.1) is 5.92 Å². The van der Waals surface area contributed by atoms with E-state index in [4.69, 9.17) is 5.73 Å². The first-order chi connectivity index (χ1) is 15.0. The fourth-order valence-electron chi connectivity index (χ4n) is 4.44. The smallest absolute Gasteiger partial charge is 0.181 e. The molecule has 0 amide bonds. The Labute approximate surface area is 188 Å². The van der Waals surface area contributed by atoms with E-state index < -0.39 is 0 Å². The third-order valence-electron chi connectivity index (χ3n) is 6.17. The topological polar surface area (TPSA) is 71.2 Å². The second kappa shape index (κ2) is 9.90. The lowest BCUT2D eigenvalue weighted by molar-refractivity contribution is 0.0736. The van der Waals surface area contributed by atoms with Gasteiger partial charge in [-0.15, -0.1) is 0 Å². The van der Waals surface area contributed by atoms with Crippen LogP contribution in [-0.2, 0) is 6.42 Å². The summed E-state index contributed by atoms with van der Waals surface area (Å²) in [5, 5.41) is 4.03. The van der Waals surface area contributed by atoms with Crippen molar-refractivity contribution >= 4 is 32.5 Å². The number of nitrogen functional groups attached to an aromatic ring is 1. The molecule has 0 spiro atoms. The molecule has 1 atom stereocenters. The van der Waals surface area contributed by atoms with Crippen molar-refractivity contribution in [2.75, 3.05) is 25.4 Å². The van der Waals surface area contributed by atoms with Crippen LogP contribution in [-0.4, -0.2) is 47.4 Å². The van der Waals surface area contributed by atoms with E-state index in [1.165, 1.54) is 16.9 Å². The first kappa shape index (κ1) is 21.9. The number of anilines is 1. The van der Waals surface area contributed by atoms with Crippen molar-refractivity contribution in [2.24, 2.45) is 5.92 Å². The molecule has 0 bridgehead atoms. The van der Waals surface area contributed by atoms with Gasteiger partial charge in [-0.05, 0) is 62.0 Å². The van der Waals surface area contributed by atoms with Gasteiger partial charge in [0, 0.05) is 18.2 Å². The summed E-state index contributed by atoms with van der Waals surface area (Å²) in [5.74, 6) is 0.868. The molecule has 1 fully saturated rings.